The standard InChI is InChI=1S/C22H25N3O4S/c1-5-25-15(3)18(14(2)23-25)10-24(4)22(26)21-8-16(12-30-21)11-27-17-6-7-19-20(9-17)29-13-28-19/h6-9,12H,5,10-11,13H2,1-4H3. The van der Waals surface area contributed by atoms with Crippen LogP contribution >= 0.6 is 11.3 Å². The molecule has 1 aliphatic heterocycles. The summed E-state index contributed by atoms with van der Waals surface area (Å²) in [6.45, 7) is 8.09. The van der Waals surface area contributed by atoms with Crippen molar-refractivity contribution in [1.29, 1.82) is 0 Å². The number of rotatable bonds is 7. The smallest absolute Gasteiger partial charge is 0.263 e. The minimum absolute atomic E-state index is 0.00243. The van der Waals surface area contributed by atoms with Crippen molar-refractivity contribution in [2.45, 2.75) is 40.5 Å². The molecule has 3 aromatic rings. The van der Waals surface area contributed by atoms with Crippen LogP contribution in [0.4, 0.5) is 0 Å². The second-order valence-corrected chi connectivity index (χ2v) is 8.16. The molecule has 0 unspecified atom stereocenters. The van der Waals surface area contributed by atoms with E-state index in [1.807, 2.05) is 55.2 Å². The Hall–Kier alpha value is -3.00. The number of carbonyl (C=O) groups is 1. The van der Waals surface area contributed by atoms with E-state index in [0.717, 1.165) is 34.8 Å². The van der Waals surface area contributed by atoms with E-state index in [-0.39, 0.29) is 12.7 Å². The van der Waals surface area contributed by atoms with Crippen molar-refractivity contribution in [2.24, 2.45) is 0 Å². The van der Waals surface area contributed by atoms with Crippen LogP contribution in [-0.4, -0.2) is 34.4 Å². The lowest BCUT2D eigenvalue weighted by molar-refractivity contribution is 0.0789. The van der Waals surface area contributed by atoms with Crippen LogP contribution in [-0.2, 0) is 19.7 Å². The van der Waals surface area contributed by atoms with Crippen molar-refractivity contribution >= 4 is 17.2 Å². The molecule has 8 heteroatoms. The summed E-state index contributed by atoms with van der Waals surface area (Å²) >= 11 is 1.43. The van der Waals surface area contributed by atoms with Gasteiger partial charge >= 0.3 is 0 Å². The van der Waals surface area contributed by atoms with Crippen LogP contribution < -0.4 is 14.2 Å². The van der Waals surface area contributed by atoms with E-state index in [1.54, 1.807) is 4.90 Å². The number of nitrogens with zero attached hydrogens (tertiary/aromatic N) is 3. The number of fused-ring (bicyclic) bond motifs is 1. The Balaban J connectivity index is 1.38. The molecule has 0 radical (unpaired) electrons. The van der Waals surface area contributed by atoms with Gasteiger partial charge in [0, 0.05) is 43.0 Å². The largest absolute Gasteiger partial charge is 0.489 e. The Morgan fingerprint density at radius 1 is 1.27 bits per heavy atom. The molecule has 1 amide bonds. The van der Waals surface area contributed by atoms with Crippen LogP contribution in [0.1, 0.15) is 39.1 Å². The molecule has 30 heavy (non-hydrogen) atoms. The molecule has 0 saturated carbocycles. The summed E-state index contributed by atoms with van der Waals surface area (Å²) in [6, 6.07) is 7.39. The van der Waals surface area contributed by atoms with Crippen molar-refractivity contribution in [3.8, 4) is 17.2 Å². The van der Waals surface area contributed by atoms with Crippen LogP contribution in [0.15, 0.2) is 29.6 Å². The molecule has 158 valence electrons. The van der Waals surface area contributed by atoms with Gasteiger partial charge in [0.25, 0.3) is 5.91 Å². The van der Waals surface area contributed by atoms with E-state index in [4.69, 9.17) is 14.2 Å². The van der Waals surface area contributed by atoms with Crippen LogP contribution in [0.3, 0.4) is 0 Å². The summed E-state index contributed by atoms with van der Waals surface area (Å²) in [5, 5.41) is 6.50. The topological polar surface area (TPSA) is 65.8 Å². The molecule has 0 bridgehead atoms. The predicted octanol–water partition coefficient (Wildman–Crippen LogP) is 4.16. The molecule has 0 spiro atoms. The molecule has 0 N–H and O–H groups in total. The van der Waals surface area contributed by atoms with Gasteiger partial charge in [0.15, 0.2) is 11.5 Å². The lowest BCUT2D eigenvalue weighted by Crippen LogP contribution is -2.26. The van der Waals surface area contributed by atoms with Gasteiger partial charge < -0.3 is 19.1 Å². The van der Waals surface area contributed by atoms with Crippen molar-refractivity contribution in [2.75, 3.05) is 13.8 Å². The van der Waals surface area contributed by atoms with E-state index >= 15 is 0 Å². The number of thiophene rings is 1. The molecule has 4 rings (SSSR count). The van der Waals surface area contributed by atoms with Crippen LogP contribution in [0.25, 0.3) is 0 Å². The van der Waals surface area contributed by atoms with Crippen LogP contribution in [0.5, 0.6) is 17.2 Å². The van der Waals surface area contributed by atoms with Crippen molar-refractivity contribution in [3.05, 3.63) is 57.0 Å². The Morgan fingerprint density at radius 3 is 2.83 bits per heavy atom. The highest BCUT2D eigenvalue weighted by atomic mass is 32.1. The number of ether oxygens (including phenoxy) is 3. The van der Waals surface area contributed by atoms with Gasteiger partial charge in [0.1, 0.15) is 12.4 Å². The third-order valence-corrected chi connectivity index (χ3v) is 6.15. The normalized spacial score (nSPS) is 12.3. The Labute approximate surface area is 179 Å². The summed E-state index contributed by atoms with van der Waals surface area (Å²) < 4.78 is 18.5. The Bertz CT molecular complexity index is 1070. The number of aryl methyl sites for hydroxylation is 2. The first-order valence-corrected chi connectivity index (χ1v) is 10.7. The molecule has 3 heterocycles. The monoisotopic (exact) mass is 427 g/mol. The van der Waals surface area contributed by atoms with Gasteiger partial charge in [-0.15, -0.1) is 11.3 Å². The van der Waals surface area contributed by atoms with Gasteiger partial charge in [-0.2, -0.15) is 5.10 Å². The lowest BCUT2D eigenvalue weighted by atomic mass is 10.2. The number of hydrogen-bond donors (Lipinski definition) is 0. The zero-order valence-electron chi connectivity index (χ0n) is 17.6. The maximum absolute atomic E-state index is 12.9. The number of benzene rings is 1. The minimum atomic E-state index is -0.00243. The minimum Gasteiger partial charge on any atom is -0.489 e. The first-order chi connectivity index (χ1) is 14.5. The Kier molecular flexibility index (Phi) is 5.67. The average molecular weight is 428 g/mol. The number of hydrogen-bond acceptors (Lipinski definition) is 6. The van der Waals surface area contributed by atoms with Gasteiger partial charge in [0.2, 0.25) is 6.79 Å². The summed E-state index contributed by atoms with van der Waals surface area (Å²) in [5.41, 5.74) is 4.15. The van der Waals surface area contributed by atoms with Crippen LogP contribution in [0, 0.1) is 13.8 Å². The predicted molar refractivity (Wildman–Crippen MR) is 114 cm³/mol. The van der Waals surface area contributed by atoms with Gasteiger partial charge in [0.05, 0.1) is 10.6 Å². The molecule has 7 nitrogen and oxygen atoms in total. The number of amides is 1. The van der Waals surface area contributed by atoms with Gasteiger partial charge in [-0.25, -0.2) is 0 Å². The van der Waals surface area contributed by atoms with E-state index in [1.165, 1.54) is 11.3 Å². The van der Waals surface area contributed by atoms with Gasteiger partial charge in [-0.3, -0.25) is 9.48 Å². The first-order valence-electron chi connectivity index (χ1n) is 9.84. The quantitative estimate of drug-likeness (QED) is 0.566. The van der Waals surface area contributed by atoms with E-state index in [0.29, 0.717) is 29.5 Å². The van der Waals surface area contributed by atoms with Crippen LogP contribution in [0.2, 0.25) is 0 Å². The molecule has 0 fully saturated rings. The van der Waals surface area contributed by atoms with Crippen molar-refractivity contribution in [3.63, 3.8) is 0 Å². The molecule has 0 saturated heterocycles. The molecular formula is C22H25N3O4S. The maximum Gasteiger partial charge on any atom is 0.263 e. The number of aromatic nitrogens is 2. The summed E-state index contributed by atoms with van der Waals surface area (Å²) in [5.74, 6) is 2.11. The third-order valence-electron chi connectivity index (χ3n) is 5.19. The number of carbonyl (C=O) groups excluding carboxylic acids is 1. The zero-order chi connectivity index (χ0) is 21.3. The molecule has 2 aromatic heterocycles. The van der Waals surface area contributed by atoms with Gasteiger partial charge in [-0.05, 0) is 44.4 Å². The third kappa shape index (κ3) is 4.00. The lowest BCUT2D eigenvalue weighted by Gasteiger charge is -2.16. The first kappa shape index (κ1) is 20.3. The highest BCUT2D eigenvalue weighted by Gasteiger charge is 2.19. The van der Waals surface area contributed by atoms with Gasteiger partial charge in [-0.1, -0.05) is 0 Å². The Morgan fingerprint density at radius 2 is 2.07 bits per heavy atom. The summed E-state index contributed by atoms with van der Waals surface area (Å²) in [6.07, 6.45) is 0. The van der Waals surface area contributed by atoms with E-state index in [9.17, 15) is 4.79 Å². The highest BCUT2D eigenvalue weighted by molar-refractivity contribution is 7.12. The maximum atomic E-state index is 12.9. The SMILES string of the molecule is CCn1nc(C)c(CN(C)C(=O)c2cc(COc3ccc4c(c3)OCO4)cs2)c1C. The molecule has 0 aliphatic carbocycles. The summed E-state index contributed by atoms with van der Waals surface area (Å²) in [4.78, 5) is 15.3. The van der Waals surface area contributed by atoms with E-state index in [2.05, 4.69) is 12.0 Å². The zero-order valence-corrected chi connectivity index (χ0v) is 18.4. The molecule has 0 atom stereocenters. The summed E-state index contributed by atoms with van der Waals surface area (Å²) in [7, 11) is 1.83. The fraction of sp³-hybridized carbons (Fsp3) is 0.364. The van der Waals surface area contributed by atoms with E-state index < -0.39 is 0 Å². The highest BCUT2D eigenvalue weighted by Crippen LogP contribution is 2.35. The molecule has 1 aliphatic rings. The second-order valence-electron chi connectivity index (χ2n) is 7.25. The van der Waals surface area contributed by atoms with Crippen molar-refractivity contribution in [1.82, 2.24) is 14.7 Å². The van der Waals surface area contributed by atoms with Crippen molar-refractivity contribution < 1.29 is 19.0 Å². The second kappa shape index (κ2) is 8.39. The molecule has 1 aromatic carbocycles. The fourth-order valence-corrected chi connectivity index (χ4v) is 4.36. The average Bonchev–Trinajstić information content (AvgIpc) is 3.46. The fourth-order valence-electron chi connectivity index (χ4n) is 3.46. The molecular weight excluding hydrogens is 402 g/mol.